The first kappa shape index (κ1) is 21.5. The maximum Gasteiger partial charge on any atom is 0.340 e. The third kappa shape index (κ3) is 4.73. The van der Waals surface area contributed by atoms with Crippen LogP contribution in [-0.4, -0.2) is 63.2 Å². The number of carbonyl (C=O) groups is 2. The Hall–Kier alpha value is -2.78. The molecule has 3 atom stereocenters. The number of ether oxygens (including phenoxy) is 5. The van der Waals surface area contributed by atoms with Crippen LogP contribution in [-0.2, 0) is 19.0 Å². The number of rotatable bonds is 7. The molecule has 154 valence electrons. The van der Waals surface area contributed by atoms with E-state index in [0.29, 0.717) is 18.8 Å². The van der Waals surface area contributed by atoms with Gasteiger partial charge in [0.1, 0.15) is 12.2 Å². The second-order valence-electron chi connectivity index (χ2n) is 6.13. The largest absolute Gasteiger partial charge is 0.493 e. The van der Waals surface area contributed by atoms with Crippen LogP contribution in [0, 0.1) is 0 Å². The van der Waals surface area contributed by atoms with Crippen LogP contribution in [0.3, 0.4) is 0 Å². The van der Waals surface area contributed by atoms with Gasteiger partial charge in [-0.15, -0.1) is 0 Å². The van der Waals surface area contributed by atoms with Crippen molar-refractivity contribution < 1.29 is 38.4 Å². The van der Waals surface area contributed by atoms with Gasteiger partial charge in [-0.1, -0.05) is 6.58 Å². The van der Waals surface area contributed by atoms with Crippen molar-refractivity contribution in [3.8, 4) is 11.5 Å². The Morgan fingerprint density at radius 1 is 1.21 bits per heavy atom. The Balaban J connectivity index is 2.35. The molecule has 3 unspecified atom stereocenters. The number of nitrogens with one attached hydrogen (secondary N) is 1. The number of hydrogen-bond acceptors (Lipinski definition) is 8. The first-order valence-corrected chi connectivity index (χ1v) is 8.63. The smallest absolute Gasteiger partial charge is 0.340 e. The van der Waals surface area contributed by atoms with Crippen molar-refractivity contribution in [2.75, 3.05) is 33.3 Å². The first-order chi connectivity index (χ1) is 13.3. The van der Waals surface area contributed by atoms with Gasteiger partial charge in [-0.2, -0.15) is 0 Å². The summed E-state index contributed by atoms with van der Waals surface area (Å²) in [6, 6.07) is 2.82. The summed E-state index contributed by atoms with van der Waals surface area (Å²) in [5.74, 6) is -0.931. The molecule has 0 spiro atoms. The third-order valence-electron chi connectivity index (χ3n) is 4.39. The summed E-state index contributed by atoms with van der Waals surface area (Å²) in [6.45, 7) is 5.54. The second kappa shape index (κ2) is 9.43. The molecular weight excluding hydrogens is 370 g/mol. The summed E-state index contributed by atoms with van der Waals surface area (Å²) < 4.78 is 26.1. The predicted octanol–water partition coefficient (Wildman–Crippen LogP) is 1.50. The molecule has 0 aromatic heterocycles. The Kier molecular flexibility index (Phi) is 7.24. The monoisotopic (exact) mass is 395 g/mol. The van der Waals surface area contributed by atoms with Crippen molar-refractivity contribution in [3.63, 3.8) is 0 Å². The van der Waals surface area contributed by atoms with Gasteiger partial charge >= 0.3 is 5.97 Å². The zero-order valence-electron chi connectivity index (χ0n) is 16.3. The van der Waals surface area contributed by atoms with Gasteiger partial charge < -0.3 is 34.1 Å². The van der Waals surface area contributed by atoms with Crippen LogP contribution in [0.2, 0.25) is 0 Å². The van der Waals surface area contributed by atoms with Crippen LogP contribution < -0.4 is 14.8 Å². The summed E-state index contributed by atoms with van der Waals surface area (Å²) in [6.07, 6.45) is -1.79. The topological polar surface area (TPSA) is 113 Å². The van der Waals surface area contributed by atoms with Gasteiger partial charge in [-0.05, 0) is 6.92 Å². The molecule has 1 aromatic rings. The van der Waals surface area contributed by atoms with Crippen molar-refractivity contribution in [2.45, 2.75) is 31.7 Å². The number of benzene rings is 1. The number of aliphatic hydroxyl groups excluding tert-OH is 1. The highest BCUT2D eigenvalue weighted by molar-refractivity contribution is 6.07. The highest BCUT2D eigenvalue weighted by atomic mass is 16.6. The molecule has 1 amide bonds. The summed E-state index contributed by atoms with van der Waals surface area (Å²) in [5.41, 5.74) is 0.154. The molecule has 9 heteroatoms. The van der Waals surface area contributed by atoms with E-state index in [1.807, 2.05) is 0 Å². The maximum atomic E-state index is 12.8. The van der Waals surface area contributed by atoms with E-state index >= 15 is 0 Å². The second-order valence-corrected chi connectivity index (χ2v) is 6.13. The number of esters is 1. The summed E-state index contributed by atoms with van der Waals surface area (Å²) >= 11 is 0. The summed E-state index contributed by atoms with van der Waals surface area (Å²) in [5, 5.41) is 12.7. The Morgan fingerprint density at radius 3 is 2.46 bits per heavy atom. The van der Waals surface area contributed by atoms with E-state index in [4.69, 9.17) is 23.7 Å². The van der Waals surface area contributed by atoms with Crippen LogP contribution in [0.5, 0.6) is 11.5 Å². The number of anilines is 1. The Bertz CT molecular complexity index is 748. The van der Waals surface area contributed by atoms with Gasteiger partial charge in [0.25, 0.3) is 5.91 Å². The molecule has 2 rings (SSSR count). The number of aliphatic hydroxyl groups is 1. The summed E-state index contributed by atoms with van der Waals surface area (Å²) in [4.78, 5) is 24.9. The SMILES string of the molecule is C=C(OC)C(=O)Nc1cc(OC)c(OC)cc1C(=O)OC1CCOC(C)C1O. The standard InChI is InChI=1S/C19H25NO8/c1-10-17(21)14(6-7-27-10)28-19(23)12-8-15(25-4)16(26-5)9-13(12)20-18(22)11(2)24-3/h8-10,14,17,21H,2,6-7H2,1,3-5H3,(H,20,22). The lowest BCUT2D eigenvalue weighted by molar-refractivity contribution is -0.131. The molecule has 0 saturated carbocycles. The Morgan fingerprint density at radius 2 is 1.86 bits per heavy atom. The molecule has 1 heterocycles. The van der Waals surface area contributed by atoms with E-state index in [-0.39, 0.29) is 22.8 Å². The third-order valence-corrected chi connectivity index (χ3v) is 4.39. The van der Waals surface area contributed by atoms with E-state index in [1.54, 1.807) is 6.92 Å². The molecule has 9 nitrogen and oxygen atoms in total. The molecular formula is C19H25NO8. The number of amides is 1. The van der Waals surface area contributed by atoms with Gasteiger partial charge in [0.2, 0.25) is 0 Å². The van der Waals surface area contributed by atoms with Crippen molar-refractivity contribution in [1.82, 2.24) is 0 Å². The van der Waals surface area contributed by atoms with E-state index in [2.05, 4.69) is 11.9 Å². The average Bonchev–Trinajstić information content (AvgIpc) is 2.70. The lowest BCUT2D eigenvalue weighted by Gasteiger charge is -2.32. The van der Waals surface area contributed by atoms with E-state index in [0.717, 1.165) is 0 Å². The molecule has 1 aromatic carbocycles. The number of hydrogen-bond donors (Lipinski definition) is 2. The summed E-state index contributed by atoms with van der Waals surface area (Å²) in [7, 11) is 4.15. The van der Waals surface area contributed by atoms with E-state index in [9.17, 15) is 14.7 Å². The van der Waals surface area contributed by atoms with Crippen LogP contribution in [0.25, 0.3) is 0 Å². The van der Waals surface area contributed by atoms with Gasteiger partial charge in [0.05, 0.1) is 45.3 Å². The van der Waals surface area contributed by atoms with Crippen LogP contribution in [0.4, 0.5) is 5.69 Å². The molecule has 28 heavy (non-hydrogen) atoms. The highest BCUT2D eigenvalue weighted by Crippen LogP contribution is 2.34. The molecule has 1 fully saturated rings. The van der Waals surface area contributed by atoms with Gasteiger partial charge in [-0.25, -0.2) is 4.79 Å². The zero-order valence-corrected chi connectivity index (χ0v) is 16.3. The van der Waals surface area contributed by atoms with Gasteiger partial charge in [0.15, 0.2) is 17.3 Å². The van der Waals surface area contributed by atoms with Crippen molar-refractivity contribution >= 4 is 17.6 Å². The minimum Gasteiger partial charge on any atom is -0.493 e. The van der Waals surface area contributed by atoms with Gasteiger partial charge in [0, 0.05) is 18.6 Å². The average molecular weight is 395 g/mol. The molecule has 0 bridgehead atoms. The zero-order chi connectivity index (χ0) is 20.8. The number of carbonyl (C=O) groups excluding carboxylic acids is 2. The van der Waals surface area contributed by atoms with Crippen molar-refractivity contribution in [2.24, 2.45) is 0 Å². The van der Waals surface area contributed by atoms with E-state index < -0.39 is 30.2 Å². The van der Waals surface area contributed by atoms with Crippen molar-refractivity contribution in [3.05, 3.63) is 30.0 Å². The molecule has 1 aliphatic heterocycles. The van der Waals surface area contributed by atoms with Crippen LogP contribution in [0.1, 0.15) is 23.7 Å². The fourth-order valence-electron chi connectivity index (χ4n) is 2.71. The van der Waals surface area contributed by atoms with Crippen LogP contribution in [0.15, 0.2) is 24.5 Å². The predicted molar refractivity (Wildman–Crippen MR) is 99.6 cm³/mol. The fraction of sp³-hybridized carbons (Fsp3) is 0.474. The fourth-order valence-corrected chi connectivity index (χ4v) is 2.71. The lowest BCUT2D eigenvalue weighted by Crippen LogP contribution is -2.45. The minimum atomic E-state index is -0.954. The maximum absolute atomic E-state index is 12.8. The molecule has 2 N–H and O–H groups in total. The molecule has 1 saturated heterocycles. The number of methoxy groups -OCH3 is 3. The Labute approximate surface area is 163 Å². The lowest BCUT2D eigenvalue weighted by atomic mass is 10.0. The molecule has 0 radical (unpaired) electrons. The van der Waals surface area contributed by atoms with Crippen LogP contribution >= 0.6 is 0 Å². The quantitative estimate of drug-likeness (QED) is 0.406. The molecule has 0 aliphatic carbocycles. The normalized spacial score (nSPS) is 21.4. The molecule has 1 aliphatic rings. The van der Waals surface area contributed by atoms with Crippen molar-refractivity contribution in [1.29, 1.82) is 0 Å². The highest BCUT2D eigenvalue weighted by Gasteiger charge is 2.33. The van der Waals surface area contributed by atoms with E-state index in [1.165, 1.54) is 33.5 Å². The van der Waals surface area contributed by atoms with Gasteiger partial charge in [-0.3, -0.25) is 4.79 Å². The first-order valence-electron chi connectivity index (χ1n) is 8.63. The minimum absolute atomic E-state index is 0.0289.